The number of nitrogens with zero attached hydrogens (tertiary/aromatic N) is 1. The minimum Gasteiger partial charge on any atom is -0.480 e. The lowest BCUT2D eigenvalue weighted by atomic mass is 10.0. The highest BCUT2D eigenvalue weighted by Gasteiger charge is 2.18. The monoisotopic (exact) mass is 258 g/mol. The molecule has 19 heavy (non-hydrogen) atoms. The lowest BCUT2D eigenvalue weighted by molar-refractivity contribution is -0.138. The molecule has 4 nitrogen and oxygen atoms in total. The molecule has 1 atom stereocenters. The molecule has 0 aliphatic heterocycles. The Morgan fingerprint density at radius 2 is 2.00 bits per heavy atom. The van der Waals surface area contributed by atoms with Gasteiger partial charge in [0.2, 0.25) is 0 Å². The van der Waals surface area contributed by atoms with Gasteiger partial charge in [-0.3, -0.25) is 0 Å². The number of pyridine rings is 1. The normalized spacial score (nSPS) is 12.6. The molecule has 100 valence electrons. The maximum absolute atomic E-state index is 11.2. The van der Waals surface area contributed by atoms with Gasteiger partial charge in [-0.25, -0.2) is 9.78 Å². The molecule has 1 unspecified atom stereocenters. The number of carbonyl (C=O) groups is 1. The lowest BCUT2D eigenvalue weighted by Gasteiger charge is -2.17. The molecule has 1 aromatic carbocycles. The molecule has 0 aliphatic rings. The minimum atomic E-state index is -0.844. The summed E-state index contributed by atoms with van der Waals surface area (Å²) in [5, 5.41) is 13.2. The number of hydrogen-bond acceptors (Lipinski definition) is 3. The third-order valence-corrected chi connectivity index (χ3v) is 2.93. The largest absolute Gasteiger partial charge is 0.480 e. The van der Waals surface area contributed by atoms with E-state index in [4.69, 9.17) is 0 Å². The number of aromatic nitrogens is 1. The Hall–Kier alpha value is -2.10. The van der Waals surface area contributed by atoms with Crippen LogP contribution in [0.5, 0.6) is 0 Å². The average molecular weight is 258 g/mol. The first-order valence-electron chi connectivity index (χ1n) is 6.41. The minimum absolute atomic E-state index is 0.314. The molecule has 1 aromatic heterocycles. The lowest BCUT2D eigenvalue weighted by Crippen LogP contribution is -2.31. The Balaban J connectivity index is 2.21. The molecule has 0 saturated carbocycles. The summed E-state index contributed by atoms with van der Waals surface area (Å²) in [4.78, 5) is 15.6. The van der Waals surface area contributed by atoms with E-state index in [0.29, 0.717) is 18.2 Å². The van der Waals surface area contributed by atoms with Gasteiger partial charge in [-0.1, -0.05) is 32.0 Å². The molecule has 0 bridgehead atoms. The van der Waals surface area contributed by atoms with E-state index in [1.54, 1.807) is 0 Å². The van der Waals surface area contributed by atoms with Crippen LogP contribution in [0.4, 0.5) is 5.82 Å². The van der Waals surface area contributed by atoms with Gasteiger partial charge in [0.05, 0.1) is 5.52 Å². The average Bonchev–Trinajstić information content (AvgIpc) is 2.37. The van der Waals surface area contributed by atoms with Gasteiger partial charge in [0.15, 0.2) is 0 Å². The maximum Gasteiger partial charge on any atom is 0.326 e. The second-order valence-corrected chi connectivity index (χ2v) is 5.05. The van der Waals surface area contributed by atoms with E-state index in [0.717, 1.165) is 10.9 Å². The number of carboxylic acids is 1. The molecule has 2 aromatic rings. The molecule has 0 fully saturated rings. The fourth-order valence-electron chi connectivity index (χ4n) is 2.02. The van der Waals surface area contributed by atoms with E-state index in [9.17, 15) is 9.90 Å². The molecular formula is C15H18N2O2. The molecule has 2 rings (SSSR count). The van der Waals surface area contributed by atoms with Crippen LogP contribution in [0.1, 0.15) is 20.3 Å². The number of carboxylic acid groups (broad SMARTS) is 1. The van der Waals surface area contributed by atoms with E-state index in [1.807, 2.05) is 50.2 Å². The number of para-hydroxylation sites is 1. The number of hydrogen-bond donors (Lipinski definition) is 2. The molecule has 0 saturated heterocycles. The van der Waals surface area contributed by atoms with Crippen molar-refractivity contribution in [3.05, 3.63) is 36.4 Å². The number of fused-ring (bicyclic) bond motifs is 1. The summed E-state index contributed by atoms with van der Waals surface area (Å²) >= 11 is 0. The van der Waals surface area contributed by atoms with Gasteiger partial charge in [-0.2, -0.15) is 0 Å². The Morgan fingerprint density at radius 1 is 1.26 bits per heavy atom. The highest BCUT2D eigenvalue weighted by molar-refractivity contribution is 5.81. The second-order valence-electron chi connectivity index (χ2n) is 5.05. The fourth-order valence-corrected chi connectivity index (χ4v) is 2.02. The third kappa shape index (κ3) is 3.44. The van der Waals surface area contributed by atoms with Crippen molar-refractivity contribution in [2.45, 2.75) is 26.3 Å². The summed E-state index contributed by atoms with van der Waals surface area (Å²) in [6, 6.07) is 10.9. The quantitative estimate of drug-likeness (QED) is 0.864. The van der Waals surface area contributed by atoms with Gasteiger partial charge in [0.1, 0.15) is 11.9 Å². The zero-order valence-corrected chi connectivity index (χ0v) is 11.1. The van der Waals surface area contributed by atoms with Crippen LogP contribution in [0.2, 0.25) is 0 Å². The number of anilines is 1. The predicted octanol–water partition coefficient (Wildman–Crippen LogP) is 3.15. The molecular weight excluding hydrogens is 240 g/mol. The zero-order valence-electron chi connectivity index (χ0n) is 11.1. The van der Waals surface area contributed by atoms with Gasteiger partial charge >= 0.3 is 5.97 Å². The van der Waals surface area contributed by atoms with Crippen LogP contribution in [-0.2, 0) is 4.79 Å². The van der Waals surface area contributed by atoms with Crippen LogP contribution in [0.25, 0.3) is 10.9 Å². The SMILES string of the molecule is CC(C)CC(Nc1ccc2ccccc2n1)C(=O)O. The summed E-state index contributed by atoms with van der Waals surface area (Å²) < 4.78 is 0. The Kier molecular flexibility index (Phi) is 4.00. The van der Waals surface area contributed by atoms with Crippen molar-refractivity contribution in [3.63, 3.8) is 0 Å². The first kappa shape index (κ1) is 13.3. The number of aliphatic carboxylic acids is 1. The number of nitrogens with one attached hydrogen (secondary N) is 1. The van der Waals surface area contributed by atoms with Crippen LogP contribution in [0.3, 0.4) is 0 Å². The van der Waals surface area contributed by atoms with E-state index in [-0.39, 0.29) is 0 Å². The summed E-state index contributed by atoms with van der Waals surface area (Å²) in [5.41, 5.74) is 0.862. The van der Waals surface area contributed by atoms with Crippen LogP contribution in [0.15, 0.2) is 36.4 Å². The van der Waals surface area contributed by atoms with Crippen LogP contribution in [-0.4, -0.2) is 22.1 Å². The van der Waals surface area contributed by atoms with Crippen molar-refractivity contribution in [1.82, 2.24) is 4.98 Å². The predicted molar refractivity (Wildman–Crippen MR) is 76.2 cm³/mol. The van der Waals surface area contributed by atoms with Crippen molar-refractivity contribution in [3.8, 4) is 0 Å². The Morgan fingerprint density at radius 3 is 2.68 bits per heavy atom. The van der Waals surface area contributed by atoms with Crippen LogP contribution >= 0.6 is 0 Å². The molecule has 0 aliphatic carbocycles. The van der Waals surface area contributed by atoms with E-state index < -0.39 is 12.0 Å². The Bertz CT molecular complexity index is 581. The van der Waals surface area contributed by atoms with Gasteiger partial charge in [0, 0.05) is 5.39 Å². The zero-order chi connectivity index (χ0) is 13.8. The first-order chi connectivity index (χ1) is 9.06. The van der Waals surface area contributed by atoms with E-state index in [2.05, 4.69) is 10.3 Å². The number of rotatable bonds is 5. The second kappa shape index (κ2) is 5.69. The Labute approximate surface area is 112 Å². The molecule has 0 amide bonds. The topological polar surface area (TPSA) is 62.2 Å². The molecule has 0 radical (unpaired) electrons. The third-order valence-electron chi connectivity index (χ3n) is 2.93. The highest BCUT2D eigenvalue weighted by Crippen LogP contribution is 2.17. The van der Waals surface area contributed by atoms with Gasteiger partial charge in [0.25, 0.3) is 0 Å². The van der Waals surface area contributed by atoms with Gasteiger partial charge in [-0.05, 0) is 30.5 Å². The van der Waals surface area contributed by atoms with Gasteiger partial charge < -0.3 is 10.4 Å². The molecule has 4 heteroatoms. The smallest absolute Gasteiger partial charge is 0.326 e. The van der Waals surface area contributed by atoms with E-state index in [1.165, 1.54) is 0 Å². The summed E-state index contributed by atoms with van der Waals surface area (Å²) in [6.07, 6.45) is 0.573. The van der Waals surface area contributed by atoms with Crippen molar-refractivity contribution < 1.29 is 9.90 Å². The van der Waals surface area contributed by atoms with Crippen LogP contribution < -0.4 is 5.32 Å². The number of benzene rings is 1. The summed E-state index contributed by atoms with van der Waals surface area (Å²) in [7, 11) is 0. The summed E-state index contributed by atoms with van der Waals surface area (Å²) in [6.45, 7) is 4.01. The highest BCUT2D eigenvalue weighted by atomic mass is 16.4. The standard InChI is InChI=1S/C15H18N2O2/c1-10(2)9-13(15(18)19)17-14-8-7-11-5-3-4-6-12(11)16-14/h3-8,10,13H,9H2,1-2H3,(H,16,17)(H,18,19). The van der Waals surface area contributed by atoms with Crippen molar-refractivity contribution in [2.75, 3.05) is 5.32 Å². The molecule has 2 N–H and O–H groups in total. The molecule has 0 spiro atoms. The van der Waals surface area contributed by atoms with Crippen molar-refractivity contribution in [1.29, 1.82) is 0 Å². The fraction of sp³-hybridized carbons (Fsp3) is 0.333. The van der Waals surface area contributed by atoms with Gasteiger partial charge in [-0.15, -0.1) is 0 Å². The van der Waals surface area contributed by atoms with Crippen LogP contribution in [0, 0.1) is 5.92 Å². The summed E-state index contributed by atoms with van der Waals surface area (Å²) in [5.74, 6) is 0.0736. The van der Waals surface area contributed by atoms with E-state index >= 15 is 0 Å². The first-order valence-corrected chi connectivity index (χ1v) is 6.41. The maximum atomic E-state index is 11.2. The molecule has 1 heterocycles. The van der Waals surface area contributed by atoms with Crippen molar-refractivity contribution in [2.24, 2.45) is 5.92 Å². The van der Waals surface area contributed by atoms with Crippen molar-refractivity contribution >= 4 is 22.7 Å².